The summed E-state index contributed by atoms with van der Waals surface area (Å²) in [5, 5.41) is -2.39. The van der Waals surface area contributed by atoms with Gasteiger partial charge in [-0.25, -0.2) is 0 Å². The second kappa shape index (κ2) is 17.8. The van der Waals surface area contributed by atoms with E-state index >= 15 is 0 Å². The van der Waals surface area contributed by atoms with Crippen LogP contribution in [-0.2, 0) is 9.13 Å². The summed E-state index contributed by atoms with van der Waals surface area (Å²) in [6.07, 6.45) is 4.08. The van der Waals surface area contributed by atoms with E-state index < -0.39 is 27.0 Å². The fourth-order valence-corrected chi connectivity index (χ4v) is 3.54. The Morgan fingerprint density at radius 2 is 1.26 bits per heavy atom. The molecule has 0 aliphatic carbocycles. The zero-order valence-corrected chi connectivity index (χ0v) is 25.0. The van der Waals surface area contributed by atoms with Gasteiger partial charge in [-0.15, -0.1) is 0 Å². The molecule has 0 saturated heterocycles. The molecule has 0 heterocycles. The molecule has 0 saturated carbocycles. The summed E-state index contributed by atoms with van der Waals surface area (Å²) < 4.78 is 21.5. The fraction of sp³-hybridized carbons (Fsp3) is 0.636. The van der Waals surface area contributed by atoms with Gasteiger partial charge >= 0.3 is 118 Å². The Labute approximate surface area is 227 Å². The van der Waals surface area contributed by atoms with Gasteiger partial charge in [0.25, 0.3) is 0 Å². The van der Waals surface area contributed by atoms with E-state index in [-0.39, 0.29) is 118 Å². The van der Waals surface area contributed by atoms with Crippen molar-refractivity contribution in [3.63, 3.8) is 0 Å². The number of hydrogen-bond donors (Lipinski definition) is 0. The van der Waals surface area contributed by atoms with Crippen molar-refractivity contribution >= 4 is 15.2 Å². The maximum absolute atomic E-state index is 10.8. The minimum Gasteiger partial charge on any atom is -0.810 e. The second-order valence-corrected chi connectivity index (χ2v) is 8.48. The van der Waals surface area contributed by atoms with Gasteiger partial charge < -0.3 is 28.7 Å². The van der Waals surface area contributed by atoms with Gasteiger partial charge in [-0.1, -0.05) is 38.5 Å². The maximum atomic E-state index is 10.8. The molecule has 0 aromatic carbocycles. The molecule has 0 aliphatic heterocycles. The summed E-state index contributed by atoms with van der Waals surface area (Å²) in [5.74, 6) is 0. The van der Waals surface area contributed by atoms with Gasteiger partial charge in [0.1, 0.15) is 0 Å². The minimum absolute atomic E-state index is 0. The molecule has 0 spiro atoms. The van der Waals surface area contributed by atoms with E-state index in [1.807, 2.05) is 19.9 Å². The van der Waals surface area contributed by atoms with Gasteiger partial charge in [0.05, 0.1) is 0 Å². The van der Waals surface area contributed by atoms with Crippen LogP contribution in [0.3, 0.4) is 0 Å². The summed E-state index contributed by atoms with van der Waals surface area (Å²) in [5.41, 5.74) is 1.88. The van der Waals surface area contributed by atoms with Crippen molar-refractivity contribution in [3.8, 4) is 0 Å². The zero-order chi connectivity index (χ0) is 15.3. The maximum Gasteiger partial charge on any atom is 1.00 e. The average molecular weight is 400 g/mol. The van der Waals surface area contributed by atoms with Crippen LogP contribution in [0.2, 0.25) is 0 Å². The molecule has 0 fully saturated rings. The van der Waals surface area contributed by atoms with Crippen LogP contribution in [0.4, 0.5) is 0 Å². The Bertz CT molecular complexity index is 431. The third kappa shape index (κ3) is 20.3. The van der Waals surface area contributed by atoms with Crippen LogP contribution in [0.1, 0.15) is 40.0 Å². The van der Waals surface area contributed by atoms with E-state index in [1.54, 1.807) is 6.92 Å². The fourth-order valence-electron chi connectivity index (χ4n) is 1.43. The molecular weight excluding hydrogens is 382 g/mol. The van der Waals surface area contributed by atoms with Gasteiger partial charge in [0.2, 0.25) is 0 Å². The minimum atomic E-state index is -5.44. The standard InChI is InChI=1S/C11H22O6P2.4Na/c1-9(2)5-4-6-10(3)7-8-11(18(12,13)14)19(15,16)17;;;;/h5,7,11H,4,6,8H2,1-3H3,(H2,12,13,14)(H2,15,16,17);;;;/q;4*+1/p-4/b10-7-;;;;. The quantitative estimate of drug-likeness (QED) is 0.237. The Hall–Kier alpha value is 3.78. The van der Waals surface area contributed by atoms with Crippen LogP contribution < -0.4 is 138 Å². The van der Waals surface area contributed by atoms with Crippen molar-refractivity contribution < 1.29 is 147 Å². The number of rotatable bonds is 7. The predicted molar refractivity (Wildman–Crippen MR) is 66.0 cm³/mol. The van der Waals surface area contributed by atoms with E-state index in [2.05, 4.69) is 0 Å². The van der Waals surface area contributed by atoms with Crippen molar-refractivity contribution in [3.05, 3.63) is 23.3 Å². The van der Waals surface area contributed by atoms with Gasteiger partial charge in [-0.3, -0.25) is 0 Å². The van der Waals surface area contributed by atoms with Crippen LogP contribution in [0.25, 0.3) is 0 Å². The van der Waals surface area contributed by atoms with Gasteiger partial charge in [-0.2, -0.15) is 0 Å². The molecule has 6 nitrogen and oxygen atoms in total. The monoisotopic (exact) mass is 400 g/mol. The van der Waals surface area contributed by atoms with Crippen molar-refractivity contribution in [1.29, 1.82) is 0 Å². The summed E-state index contributed by atoms with van der Waals surface area (Å²) in [4.78, 5) is 43.0. The van der Waals surface area contributed by atoms with Crippen molar-refractivity contribution in [2.45, 2.75) is 45.4 Å². The molecule has 0 rings (SSSR count). The number of allylic oxidation sites excluding steroid dienone is 4. The Morgan fingerprint density at radius 1 is 0.870 bits per heavy atom. The predicted octanol–water partition coefficient (Wildman–Crippen LogP) is -11.8. The Kier molecular flexibility index (Phi) is 29.1. The first kappa shape index (κ1) is 37.5. The first-order valence-electron chi connectivity index (χ1n) is 5.77. The molecule has 0 aliphatic rings. The van der Waals surface area contributed by atoms with E-state index in [0.717, 1.165) is 17.6 Å². The van der Waals surface area contributed by atoms with Gasteiger partial charge in [0, 0.05) is 5.40 Å². The van der Waals surface area contributed by atoms with Crippen molar-refractivity contribution in [2.24, 2.45) is 0 Å². The smallest absolute Gasteiger partial charge is 0.810 e. The molecule has 0 aromatic rings. The normalized spacial score (nSPS) is 11.4. The van der Waals surface area contributed by atoms with Crippen LogP contribution >= 0.6 is 15.2 Å². The number of hydrogen-bond acceptors (Lipinski definition) is 6. The Balaban J connectivity index is -0.000000270. The molecule has 0 amide bonds. The molecule has 0 atom stereocenters. The molecule has 0 radical (unpaired) electrons. The second-order valence-electron chi connectivity index (χ2n) is 4.67. The molecule has 23 heavy (non-hydrogen) atoms. The first-order chi connectivity index (χ1) is 8.44. The molecule has 0 bridgehead atoms. The van der Waals surface area contributed by atoms with E-state index in [4.69, 9.17) is 0 Å². The van der Waals surface area contributed by atoms with E-state index in [1.165, 1.54) is 6.08 Å². The summed E-state index contributed by atoms with van der Waals surface area (Å²) in [7, 11) is -10.9. The molecule has 0 unspecified atom stereocenters. The van der Waals surface area contributed by atoms with Gasteiger partial charge in [-0.05, 0) is 40.0 Å². The van der Waals surface area contributed by atoms with E-state index in [0.29, 0.717) is 6.42 Å². The third-order valence-corrected chi connectivity index (χ3v) is 6.08. The van der Waals surface area contributed by atoms with Crippen LogP contribution in [0.15, 0.2) is 23.3 Å². The summed E-state index contributed by atoms with van der Waals surface area (Å²) >= 11 is 0. The largest absolute Gasteiger partial charge is 1.00 e. The van der Waals surface area contributed by atoms with Crippen molar-refractivity contribution in [2.75, 3.05) is 0 Å². The Morgan fingerprint density at radius 3 is 1.57 bits per heavy atom. The van der Waals surface area contributed by atoms with Gasteiger partial charge in [0.15, 0.2) is 0 Å². The molecule has 112 valence electrons. The van der Waals surface area contributed by atoms with Crippen LogP contribution in [0, 0.1) is 0 Å². The first-order valence-corrected chi connectivity index (χ1v) is 8.99. The SMILES string of the molecule is CC(C)=CCC/C(C)=C\CC(P(=O)([O-])[O-])P(=O)([O-])[O-].[Na+].[Na+].[Na+].[Na+]. The van der Waals surface area contributed by atoms with Crippen LogP contribution in [0.5, 0.6) is 0 Å². The molecule has 0 aromatic heterocycles. The molecule has 0 N–H and O–H groups in total. The third-order valence-electron chi connectivity index (χ3n) is 2.50. The van der Waals surface area contributed by atoms with Crippen LogP contribution in [-0.4, -0.2) is 5.40 Å². The van der Waals surface area contributed by atoms with Crippen molar-refractivity contribution in [1.82, 2.24) is 0 Å². The topological polar surface area (TPSA) is 126 Å². The molecule has 12 heteroatoms. The summed E-state index contributed by atoms with van der Waals surface area (Å²) in [6, 6.07) is 0. The zero-order valence-electron chi connectivity index (χ0n) is 15.2. The van der Waals surface area contributed by atoms with E-state index in [9.17, 15) is 28.7 Å². The average Bonchev–Trinajstić information content (AvgIpc) is 2.12. The summed E-state index contributed by atoms with van der Waals surface area (Å²) in [6.45, 7) is 5.56. The molecular formula is C11H18Na4O6P2.